The molecule has 3 N–H and O–H groups in total. The summed E-state index contributed by atoms with van der Waals surface area (Å²) in [5.74, 6) is -1.88. The van der Waals surface area contributed by atoms with E-state index in [0.29, 0.717) is 5.69 Å². The number of ether oxygens (including phenoxy) is 1. The average molecular weight is 401 g/mol. The minimum atomic E-state index is -0.773. The molecule has 9 nitrogen and oxygen atoms in total. The van der Waals surface area contributed by atoms with Crippen LogP contribution in [0, 0.1) is 6.92 Å². The largest absolute Gasteiger partial charge is 0.459 e. The number of benzene rings is 1. The van der Waals surface area contributed by atoms with Gasteiger partial charge in [-0.25, -0.2) is 9.59 Å². The third-order valence-corrected chi connectivity index (χ3v) is 3.54. The van der Waals surface area contributed by atoms with E-state index < -0.39 is 36.0 Å². The maximum atomic E-state index is 12.2. The molecule has 4 amide bonds. The summed E-state index contributed by atoms with van der Waals surface area (Å²) in [6, 6.07) is 6.98. The predicted molar refractivity (Wildman–Crippen MR) is 105 cm³/mol. The fourth-order valence-electron chi connectivity index (χ4n) is 2.22. The SMILES string of the molecule is Cc1ccc(C(=O)OCC(=O)NC(=O)NC(C)(C)C)cc1NC(=O)c1ccco1. The normalized spacial score (nSPS) is 10.8. The minimum absolute atomic E-state index is 0.127. The van der Waals surface area contributed by atoms with Crippen LogP contribution in [-0.2, 0) is 9.53 Å². The van der Waals surface area contributed by atoms with Gasteiger partial charge >= 0.3 is 12.0 Å². The molecule has 0 aliphatic heterocycles. The molecule has 0 aliphatic rings. The van der Waals surface area contributed by atoms with Gasteiger partial charge < -0.3 is 19.8 Å². The smallest absolute Gasteiger partial charge is 0.338 e. The first-order chi connectivity index (χ1) is 13.5. The van der Waals surface area contributed by atoms with Gasteiger partial charge in [-0.05, 0) is 57.5 Å². The van der Waals surface area contributed by atoms with E-state index >= 15 is 0 Å². The Morgan fingerprint density at radius 1 is 1.10 bits per heavy atom. The molecule has 154 valence electrons. The molecule has 1 aromatic heterocycles. The fraction of sp³-hybridized carbons (Fsp3) is 0.300. The average Bonchev–Trinajstić information content (AvgIpc) is 3.14. The number of anilines is 1. The summed E-state index contributed by atoms with van der Waals surface area (Å²) in [5, 5.41) is 7.27. The van der Waals surface area contributed by atoms with E-state index in [0.717, 1.165) is 5.56 Å². The van der Waals surface area contributed by atoms with Gasteiger partial charge in [0.15, 0.2) is 12.4 Å². The molecule has 0 unspecified atom stereocenters. The van der Waals surface area contributed by atoms with E-state index in [4.69, 9.17) is 9.15 Å². The Morgan fingerprint density at radius 3 is 2.45 bits per heavy atom. The molecule has 0 radical (unpaired) electrons. The van der Waals surface area contributed by atoms with Crippen molar-refractivity contribution in [3.05, 3.63) is 53.5 Å². The number of aryl methyl sites for hydroxylation is 1. The van der Waals surface area contributed by atoms with Gasteiger partial charge in [-0.1, -0.05) is 6.07 Å². The van der Waals surface area contributed by atoms with E-state index in [2.05, 4.69) is 16.0 Å². The second kappa shape index (κ2) is 9.05. The van der Waals surface area contributed by atoms with Crippen LogP contribution in [0.25, 0.3) is 0 Å². The lowest BCUT2D eigenvalue weighted by Crippen LogP contribution is -2.49. The number of esters is 1. The van der Waals surface area contributed by atoms with Crippen molar-refractivity contribution < 1.29 is 28.3 Å². The van der Waals surface area contributed by atoms with Gasteiger partial charge in [-0.3, -0.25) is 14.9 Å². The summed E-state index contributed by atoms with van der Waals surface area (Å²) in [7, 11) is 0. The standard InChI is InChI=1S/C20H23N3O6/c1-12-7-8-13(10-14(12)21-17(25)15-6-5-9-28-15)18(26)29-11-16(24)22-19(27)23-20(2,3)4/h5-10H,11H2,1-4H3,(H,21,25)(H2,22,23,24,27). The van der Waals surface area contributed by atoms with Gasteiger partial charge in [0.1, 0.15) is 0 Å². The maximum absolute atomic E-state index is 12.2. The lowest BCUT2D eigenvalue weighted by atomic mass is 10.1. The Kier molecular flexibility index (Phi) is 6.76. The lowest BCUT2D eigenvalue weighted by Gasteiger charge is -2.20. The molecule has 9 heteroatoms. The van der Waals surface area contributed by atoms with Gasteiger partial charge in [-0.2, -0.15) is 0 Å². The van der Waals surface area contributed by atoms with Crippen molar-refractivity contribution in [3.8, 4) is 0 Å². The molecule has 0 saturated carbocycles. The fourth-order valence-corrected chi connectivity index (χ4v) is 2.22. The van der Waals surface area contributed by atoms with E-state index in [1.165, 1.54) is 24.5 Å². The molecular weight excluding hydrogens is 378 g/mol. The number of hydrogen-bond acceptors (Lipinski definition) is 6. The number of carbonyl (C=O) groups excluding carboxylic acids is 4. The van der Waals surface area contributed by atoms with Gasteiger partial charge in [0.05, 0.1) is 11.8 Å². The molecule has 0 saturated heterocycles. The molecule has 2 rings (SSSR count). The van der Waals surface area contributed by atoms with Gasteiger partial charge in [-0.15, -0.1) is 0 Å². The Hall–Kier alpha value is -3.62. The van der Waals surface area contributed by atoms with E-state index in [-0.39, 0.29) is 11.3 Å². The van der Waals surface area contributed by atoms with Crippen LogP contribution in [-0.4, -0.2) is 36.0 Å². The Bertz CT molecular complexity index is 913. The van der Waals surface area contributed by atoms with Crippen molar-refractivity contribution in [1.82, 2.24) is 10.6 Å². The van der Waals surface area contributed by atoms with E-state index in [1.54, 1.807) is 39.8 Å². The molecule has 0 aliphatic carbocycles. The highest BCUT2D eigenvalue weighted by atomic mass is 16.5. The van der Waals surface area contributed by atoms with Gasteiger partial charge in [0.2, 0.25) is 0 Å². The molecule has 0 atom stereocenters. The molecule has 0 fully saturated rings. The molecule has 29 heavy (non-hydrogen) atoms. The number of carbonyl (C=O) groups is 4. The lowest BCUT2D eigenvalue weighted by molar-refractivity contribution is -0.123. The highest BCUT2D eigenvalue weighted by molar-refractivity contribution is 6.03. The van der Waals surface area contributed by atoms with E-state index in [1.807, 2.05) is 0 Å². The second-order valence-electron chi connectivity index (χ2n) is 7.29. The van der Waals surface area contributed by atoms with Crippen molar-refractivity contribution in [2.24, 2.45) is 0 Å². The number of rotatable bonds is 5. The van der Waals surface area contributed by atoms with Crippen molar-refractivity contribution in [2.75, 3.05) is 11.9 Å². The molecular formula is C20H23N3O6. The van der Waals surface area contributed by atoms with Crippen molar-refractivity contribution in [2.45, 2.75) is 33.2 Å². The van der Waals surface area contributed by atoms with Crippen LogP contribution in [0.4, 0.5) is 10.5 Å². The zero-order valence-corrected chi connectivity index (χ0v) is 16.6. The van der Waals surface area contributed by atoms with Crippen molar-refractivity contribution in [1.29, 1.82) is 0 Å². The molecule has 1 aromatic carbocycles. The van der Waals surface area contributed by atoms with Crippen LogP contribution < -0.4 is 16.0 Å². The number of hydrogen-bond donors (Lipinski definition) is 3. The van der Waals surface area contributed by atoms with Crippen LogP contribution >= 0.6 is 0 Å². The summed E-state index contributed by atoms with van der Waals surface area (Å²) in [6.07, 6.45) is 1.38. The highest BCUT2D eigenvalue weighted by Crippen LogP contribution is 2.19. The third-order valence-electron chi connectivity index (χ3n) is 3.54. The Labute approximate surface area is 167 Å². The van der Waals surface area contributed by atoms with Crippen molar-refractivity contribution >= 4 is 29.5 Å². The quantitative estimate of drug-likeness (QED) is 0.661. The van der Waals surface area contributed by atoms with Crippen LogP contribution in [0.2, 0.25) is 0 Å². The maximum Gasteiger partial charge on any atom is 0.338 e. The summed E-state index contributed by atoms with van der Waals surface area (Å²) in [6.45, 7) is 6.41. The topological polar surface area (TPSA) is 127 Å². The molecule has 0 spiro atoms. The third kappa shape index (κ3) is 6.80. The first-order valence-electron chi connectivity index (χ1n) is 8.80. The minimum Gasteiger partial charge on any atom is -0.459 e. The number of urea groups is 1. The number of nitrogens with one attached hydrogen (secondary N) is 3. The summed E-state index contributed by atoms with van der Waals surface area (Å²) in [4.78, 5) is 47.7. The summed E-state index contributed by atoms with van der Waals surface area (Å²) < 4.78 is 9.96. The molecule has 1 heterocycles. The zero-order valence-electron chi connectivity index (χ0n) is 16.6. The monoisotopic (exact) mass is 401 g/mol. The Morgan fingerprint density at radius 2 is 1.83 bits per heavy atom. The second-order valence-corrected chi connectivity index (χ2v) is 7.29. The Balaban J connectivity index is 1.94. The first-order valence-corrected chi connectivity index (χ1v) is 8.80. The van der Waals surface area contributed by atoms with Crippen LogP contribution in [0.3, 0.4) is 0 Å². The van der Waals surface area contributed by atoms with E-state index in [9.17, 15) is 19.2 Å². The number of amides is 4. The van der Waals surface area contributed by atoms with Gasteiger partial charge in [0.25, 0.3) is 11.8 Å². The first kappa shape index (κ1) is 21.7. The van der Waals surface area contributed by atoms with Crippen LogP contribution in [0.15, 0.2) is 41.0 Å². The van der Waals surface area contributed by atoms with Crippen LogP contribution in [0.5, 0.6) is 0 Å². The van der Waals surface area contributed by atoms with Gasteiger partial charge in [0, 0.05) is 11.2 Å². The molecule has 0 bridgehead atoms. The zero-order chi connectivity index (χ0) is 21.6. The van der Waals surface area contributed by atoms with Crippen LogP contribution in [0.1, 0.15) is 47.2 Å². The van der Waals surface area contributed by atoms with Crippen molar-refractivity contribution in [3.63, 3.8) is 0 Å². The molecule has 2 aromatic rings. The summed E-state index contributed by atoms with van der Waals surface area (Å²) in [5.41, 5.74) is 0.740. The number of furan rings is 1. The highest BCUT2D eigenvalue weighted by Gasteiger charge is 2.18. The predicted octanol–water partition coefficient (Wildman–Crippen LogP) is 2.62. The summed E-state index contributed by atoms with van der Waals surface area (Å²) >= 11 is 0. The number of imide groups is 1.